The normalized spacial score (nSPS) is 17.6. The summed E-state index contributed by atoms with van der Waals surface area (Å²) in [6.45, 7) is 2.10. The Balaban J connectivity index is 1.56. The third-order valence-corrected chi connectivity index (χ3v) is 6.43. The average Bonchev–Trinajstić information content (AvgIpc) is 2.93. The number of rotatable bonds is 7. The monoisotopic (exact) mass is 539 g/mol. The first-order chi connectivity index (χ1) is 18.6. The van der Waals surface area contributed by atoms with Crippen LogP contribution in [0.4, 0.5) is 4.79 Å². The van der Waals surface area contributed by atoms with Crippen molar-refractivity contribution in [2.24, 2.45) is 0 Å². The number of carboxylic acids is 1. The predicted molar refractivity (Wildman–Crippen MR) is 134 cm³/mol. The minimum atomic E-state index is -1.59. The second-order valence-electron chi connectivity index (χ2n) is 8.77. The molecule has 5 amide bonds. The van der Waals surface area contributed by atoms with Crippen molar-refractivity contribution in [3.63, 3.8) is 0 Å². The number of nitrogens with one attached hydrogen (secondary N) is 2. The van der Waals surface area contributed by atoms with Crippen molar-refractivity contribution in [1.29, 1.82) is 0 Å². The quantitative estimate of drug-likeness (QED) is 0.261. The zero-order valence-corrected chi connectivity index (χ0v) is 21.1. The number of fused-ring (bicyclic) bond motifs is 1. The predicted octanol–water partition coefficient (Wildman–Crippen LogP) is -0.631. The maximum atomic E-state index is 13.4. The Morgan fingerprint density at radius 1 is 1.21 bits per heavy atom. The molecule has 3 heterocycles. The minimum absolute atomic E-state index is 0.000857. The number of urea groups is 1. The molecule has 1 unspecified atom stereocenters. The molecule has 4 rings (SSSR count). The molecule has 2 aromatic rings. The Bertz CT molecular complexity index is 1310. The maximum Gasteiger partial charge on any atom is 0.547 e. The van der Waals surface area contributed by atoms with Crippen molar-refractivity contribution in [2.45, 2.75) is 25.3 Å². The van der Waals surface area contributed by atoms with Crippen LogP contribution >= 0.6 is 0 Å². The van der Waals surface area contributed by atoms with Gasteiger partial charge in [-0.1, -0.05) is 12.1 Å². The molecule has 39 heavy (non-hydrogen) atoms. The SMILES string of the molecule is CCN1CCN(C(=O)NC(C(=O)N[C@H]2Cc3cccc(C(=O)O)c3OB2O)c2ccc(OC)cn2)C(=O)C1=O. The molecule has 0 spiro atoms. The number of piperazine rings is 1. The summed E-state index contributed by atoms with van der Waals surface area (Å²) < 4.78 is 10.5. The van der Waals surface area contributed by atoms with Crippen molar-refractivity contribution < 1.29 is 43.5 Å². The van der Waals surface area contributed by atoms with Gasteiger partial charge in [-0.25, -0.2) is 9.59 Å². The van der Waals surface area contributed by atoms with Crippen LogP contribution in [0.5, 0.6) is 11.5 Å². The third-order valence-electron chi connectivity index (χ3n) is 6.43. The van der Waals surface area contributed by atoms with E-state index in [1.807, 2.05) is 0 Å². The van der Waals surface area contributed by atoms with Gasteiger partial charge in [0.2, 0.25) is 5.91 Å². The first-order valence-corrected chi connectivity index (χ1v) is 12.1. The number of carbonyl (C=O) groups excluding carboxylic acids is 4. The summed E-state index contributed by atoms with van der Waals surface area (Å²) in [6, 6.07) is 5.01. The van der Waals surface area contributed by atoms with Crippen LogP contribution in [0.1, 0.15) is 34.6 Å². The topological polar surface area (TPSA) is 188 Å². The number of methoxy groups -OCH3 is 1. The second kappa shape index (κ2) is 11.4. The van der Waals surface area contributed by atoms with Gasteiger partial charge in [0, 0.05) is 19.6 Å². The highest BCUT2D eigenvalue weighted by atomic mass is 16.5. The van der Waals surface area contributed by atoms with Crippen LogP contribution in [0.15, 0.2) is 36.5 Å². The smallest absolute Gasteiger partial charge is 0.534 e. The van der Waals surface area contributed by atoms with E-state index in [0.29, 0.717) is 17.9 Å². The van der Waals surface area contributed by atoms with Gasteiger partial charge in [-0.05, 0) is 37.1 Å². The Labute approximate surface area is 223 Å². The molecule has 1 aromatic carbocycles. The zero-order chi connectivity index (χ0) is 28.3. The number of likely N-dealkylation sites (N-methyl/N-ethyl adjacent to an activating group) is 1. The van der Waals surface area contributed by atoms with Crippen LogP contribution < -0.4 is 20.0 Å². The van der Waals surface area contributed by atoms with Gasteiger partial charge in [0.1, 0.15) is 11.5 Å². The van der Waals surface area contributed by atoms with Crippen LogP contribution in [0.25, 0.3) is 0 Å². The summed E-state index contributed by atoms with van der Waals surface area (Å²) in [5, 5.41) is 25.0. The molecule has 0 radical (unpaired) electrons. The van der Waals surface area contributed by atoms with E-state index in [1.54, 1.807) is 13.0 Å². The van der Waals surface area contributed by atoms with Crippen LogP contribution in [-0.2, 0) is 20.8 Å². The van der Waals surface area contributed by atoms with E-state index in [-0.39, 0.29) is 36.5 Å². The summed E-state index contributed by atoms with van der Waals surface area (Å²) >= 11 is 0. The highest BCUT2D eigenvalue weighted by Gasteiger charge is 2.41. The first kappa shape index (κ1) is 27.4. The van der Waals surface area contributed by atoms with Gasteiger partial charge in [0.05, 0.1) is 30.5 Å². The molecule has 0 saturated carbocycles. The van der Waals surface area contributed by atoms with E-state index in [4.69, 9.17) is 9.39 Å². The number of carboxylic acid groups (broad SMARTS) is 1. The van der Waals surface area contributed by atoms with E-state index in [9.17, 15) is 34.1 Å². The van der Waals surface area contributed by atoms with Crippen molar-refractivity contribution >= 4 is 36.8 Å². The van der Waals surface area contributed by atoms with Crippen LogP contribution in [0.2, 0.25) is 0 Å². The highest BCUT2D eigenvalue weighted by molar-refractivity contribution is 6.47. The number of pyridine rings is 1. The fourth-order valence-corrected chi connectivity index (χ4v) is 4.31. The maximum absolute atomic E-state index is 13.4. The fraction of sp³-hybridized carbons (Fsp3) is 0.333. The van der Waals surface area contributed by atoms with Gasteiger partial charge in [0.15, 0.2) is 6.04 Å². The van der Waals surface area contributed by atoms with Crippen LogP contribution in [0.3, 0.4) is 0 Å². The Kier molecular flexibility index (Phi) is 8.00. The highest BCUT2D eigenvalue weighted by Crippen LogP contribution is 2.30. The summed E-state index contributed by atoms with van der Waals surface area (Å²) in [6.07, 6.45) is 1.37. The molecule has 2 aliphatic rings. The Morgan fingerprint density at radius 2 is 1.97 bits per heavy atom. The molecule has 1 aromatic heterocycles. The lowest BCUT2D eigenvalue weighted by Crippen LogP contribution is -2.60. The van der Waals surface area contributed by atoms with E-state index in [0.717, 1.165) is 4.90 Å². The van der Waals surface area contributed by atoms with Gasteiger partial charge in [-0.2, -0.15) is 0 Å². The molecule has 1 saturated heterocycles. The molecule has 204 valence electrons. The number of hydrogen-bond donors (Lipinski definition) is 4. The number of aromatic nitrogens is 1. The van der Waals surface area contributed by atoms with Gasteiger partial charge in [-0.3, -0.25) is 24.3 Å². The van der Waals surface area contributed by atoms with E-state index >= 15 is 0 Å². The molecule has 4 N–H and O–H groups in total. The van der Waals surface area contributed by atoms with Gasteiger partial charge >= 0.3 is 30.9 Å². The summed E-state index contributed by atoms with van der Waals surface area (Å²) in [4.78, 5) is 68.9. The van der Waals surface area contributed by atoms with E-state index in [2.05, 4.69) is 15.6 Å². The number of hydrogen-bond acceptors (Lipinski definition) is 9. The van der Waals surface area contributed by atoms with Crippen molar-refractivity contribution in [2.75, 3.05) is 26.7 Å². The van der Waals surface area contributed by atoms with Crippen molar-refractivity contribution in [1.82, 2.24) is 25.4 Å². The summed E-state index contributed by atoms with van der Waals surface area (Å²) in [5.74, 6) is -4.50. The summed E-state index contributed by atoms with van der Waals surface area (Å²) in [5.41, 5.74) is 0.408. The van der Waals surface area contributed by atoms with Gasteiger partial charge in [0.25, 0.3) is 0 Å². The van der Waals surface area contributed by atoms with Gasteiger partial charge < -0.3 is 35.1 Å². The Morgan fingerprint density at radius 3 is 2.62 bits per heavy atom. The number of ether oxygens (including phenoxy) is 1. The lowest BCUT2D eigenvalue weighted by atomic mass is 9.72. The minimum Gasteiger partial charge on any atom is -0.534 e. The summed E-state index contributed by atoms with van der Waals surface area (Å²) in [7, 11) is -0.164. The molecule has 15 heteroatoms. The first-order valence-electron chi connectivity index (χ1n) is 12.1. The number of imide groups is 1. The number of aromatic carboxylic acids is 1. The lowest BCUT2D eigenvalue weighted by molar-refractivity contribution is -0.153. The molecule has 14 nitrogen and oxygen atoms in total. The molecular weight excluding hydrogens is 513 g/mol. The van der Waals surface area contributed by atoms with Crippen molar-refractivity contribution in [3.8, 4) is 11.5 Å². The fourth-order valence-electron chi connectivity index (χ4n) is 4.31. The van der Waals surface area contributed by atoms with Crippen LogP contribution in [-0.4, -0.2) is 94.4 Å². The molecule has 2 atom stereocenters. The molecule has 0 aliphatic carbocycles. The number of amides is 5. The van der Waals surface area contributed by atoms with E-state index < -0.39 is 48.8 Å². The Hall–Kier alpha value is -4.66. The van der Waals surface area contributed by atoms with Crippen molar-refractivity contribution in [3.05, 3.63) is 53.3 Å². The molecule has 0 bridgehead atoms. The standard InChI is InChI=1S/C24H26BN5O9/c1-3-29-9-10-30(22(33)21(29)32)24(36)28-18(16-8-7-14(38-2)12-26-16)20(31)27-17-11-13-5-4-6-15(23(34)35)19(13)39-25(17)37/h4-8,12,17-18,37H,3,9-11H2,1-2H3,(H,27,31)(H,28,36)(H,34,35)/t17-,18?/m0/s1. The number of nitrogens with zero attached hydrogens (tertiary/aromatic N) is 3. The molecule has 1 fully saturated rings. The van der Waals surface area contributed by atoms with Gasteiger partial charge in [-0.15, -0.1) is 0 Å². The number of para-hydroxylation sites is 1. The number of benzene rings is 1. The average molecular weight is 539 g/mol. The molecular formula is C24H26BN5O9. The largest absolute Gasteiger partial charge is 0.547 e. The molecule has 2 aliphatic heterocycles. The lowest BCUT2D eigenvalue weighted by Gasteiger charge is -2.33. The third kappa shape index (κ3) is 5.62. The number of carbonyl (C=O) groups is 5. The van der Waals surface area contributed by atoms with Crippen LogP contribution in [0, 0.1) is 0 Å². The second-order valence-corrected chi connectivity index (χ2v) is 8.77. The van der Waals surface area contributed by atoms with E-state index in [1.165, 1.54) is 42.5 Å². The zero-order valence-electron chi connectivity index (χ0n) is 21.1.